The molecule has 2 aliphatic heterocycles. The molecule has 14 nitrogen and oxygen atoms in total. The maximum atomic E-state index is 13.8. The molecule has 0 saturated carbocycles. The van der Waals surface area contributed by atoms with Gasteiger partial charge in [0.15, 0.2) is 0 Å². The van der Waals surface area contributed by atoms with E-state index in [1.54, 1.807) is 17.0 Å². The number of hydrogen-bond acceptors (Lipinski definition) is 12. The van der Waals surface area contributed by atoms with Gasteiger partial charge in [-0.05, 0) is 92.0 Å². The minimum atomic E-state index is -1.01. The lowest BCUT2D eigenvalue weighted by atomic mass is 9.97. The Morgan fingerprint density at radius 1 is 0.558 bits per heavy atom. The summed E-state index contributed by atoms with van der Waals surface area (Å²) in [6.45, 7) is 21.1. The van der Waals surface area contributed by atoms with Crippen LogP contribution in [-0.2, 0) is 46.4 Å². The van der Waals surface area contributed by atoms with Crippen LogP contribution in [-0.4, -0.2) is 161 Å². The van der Waals surface area contributed by atoms with Crippen molar-refractivity contribution in [2.75, 3.05) is 85.1 Å². The van der Waals surface area contributed by atoms with E-state index >= 15 is 0 Å². The van der Waals surface area contributed by atoms with E-state index in [1.807, 2.05) is 88.0 Å². The van der Waals surface area contributed by atoms with Gasteiger partial charge in [0.2, 0.25) is 5.91 Å². The molecule has 0 aliphatic carbocycles. The van der Waals surface area contributed by atoms with Crippen molar-refractivity contribution in [1.29, 1.82) is 0 Å². The van der Waals surface area contributed by atoms with Gasteiger partial charge in [-0.2, -0.15) is 0 Å². The van der Waals surface area contributed by atoms with Gasteiger partial charge in [0.25, 0.3) is 0 Å². The summed E-state index contributed by atoms with van der Waals surface area (Å²) in [7, 11) is 0. The van der Waals surface area contributed by atoms with E-state index in [0.29, 0.717) is 71.9 Å². The van der Waals surface area contributed by atoms with E-state index in [-0.39, 0.29) is 55.6 Å². The van der Waals surface area contributed by atoms with E-state index in [4.69, 9.17) is 14.2 Å². The minimum Gasteiger partial charge on any atom is -0.478 e. The third-order valence-corrected chi connectivity index (χ3v) is 8.43. The number of carbonyl (C=O) groups excluding carboxylic acids is 4. The third kappa shape index (κ3) is 16.0. The average Bonchev–Trinajstić information content (AvgIpc) is 2.98. The summed E-state index contributed by atoms with van der Waals surface area (Å²) < 4.78 is 16.9. The lowest BCUT2D eigenvalue weighted by Gasteiger charge is -2.35. The van der Waals surface area contributed by atoms with Crippen molar-refractivity contribution in [3.05, 3.63) is 34.9 Å². The van der Waals surface area contributed by atoms with Crippen LogP contribution in [0.25, 0.3) is 0 Å². The van der Waals surface area contributed by atoms with E-state index < -0.39 is 22.8 Å². The first kappa shape index (κ1) is 42.8. The van der Waals surface area contributed by atoms with Gasteiger partial charge in [-0.25, -0.2) is 4.79 Å². The SMILES string of the molecule is CC(C)(C)OC(=O)CN1CCN(CC(=O)OC(C)(C)C)CCN(CC(=O)N2CCc3ccc(C(=O)O)cc3C2)CCN(CC(=O)OC(C)(C)C)CC1. The maximum Gasteiger partial charge on any atom is 0.335 e. The van der Waals surface area contributed by atoms with Crippen molar-refractivity contribution in [1.82, 2.24) is 24.5 Å². The van der Waals surface area contributed by atoms with Crippen LogP contribution >= 0.6 is 0 Å². The number of fused-ring (bicyclic) bond motifs is 1. The highest BCUT2D eigenvalue weighted by atomic mass is 16.6. The van der Waals surface area contributed by atoms with Crippen molar-refractivity contribution in [2.24, 2.45) is 0 Å². The highest BCUT2D eigenvalue weighted by Gasteiger charge is 2.28. The second-order valence-electron chi connectivity index (χ2n) is 16.7. The van der Waals surface area contributed by atoms with Gasteiger partial charge in [-0.1, -0.05) is 6.07 Å². The van der Waals surface area contributed by atoms with Crippen molar-refractivity contribution < 1.29 is 43.3 Å². The molecule has 292 valence electrons. The number of esters is 3. The standard InChI is InChI=1S/C38H61N5O9/c1-36(2,3)50-32(45)25-40-16-14-39(24-31(44)43-13-12-28-10-11-29(35(48)49)22-30(28)23-43)15-17-41(26-33(46)51-37(4,5)6)19-21-42(20-18-40)27-34(47)52-38(7,8)9/h10-11,22H,12-21,23-27H2,1-9H3,(H,48,49). The largest absolute Gasteiger partial charge is 0.478 e. The fourth-order valence-electron chi connectivity index (χ4n) is 6.07. The van der Waals surface area contributed by atoms with Crippen LogP contribution in [0.15, 0.2) is 18.2 Å². The van der Waals surface area contributed by atoms with Crippen molar-refractivity contribution in [3.63, 3.8) is 0 Å². The van der Waals surface area contributed by atoms with Crippen LogP contribution in [0.3, 0.4) is 0 Å². The Morgan fingerprint density at radius 3 is 1.27 bits per heavy atom. The molecule has 1 saturated heterocycles. The number of ether oxygens (including phenoxy) is 3. The summed E-state index contributed by atoms with van der Waals surface area (Å²) in [4.78, 5) is 74.0. The summed E-state index contributed by atoms with van der Waals surface area (Å²) in [5, 5.41) is 9.49. The molecule has 1 fully saturated rings. The van der Waals surface area contributed by atoms with E-state index in [2.05, 4.69) is 0 Å². The van der Waals surface area contributed by atoms with Gasteiger partial charge < -0.3 is 24.2 Å². The monoisotopic (exact) mass is 731 g/mol. The van der Waals surface area contributed by atoms with Gasteiger partial charge in [0.05, 0.1) is 31.7 Å². The molecular formula is C38H61N5O9. The first-order valence-electron chi connectivity index (χ1n) is 18.2. The molecule has 0 bridgehead atoms. The molecule has 0 radical (unpaired) electrons. The van der Waals surface area contributed by atoms with Crippen molar-refractivity contribution >= 4 is 29.8 Å². The zero-order chi connectivity index (χ0) is 38.9. The van der Waals surface area contributed by atoms with Gasteiger partial charge in [-0.3, -0.25) is 38.8 Å². The van der Waals surface area contributed by atoms with E-state index in [9.17, 15) is 29.1 Å². The molecule has 1 aromatic rings. The topological polar surface area (TPSA) is 149 Å². The number of carbonyl (C=O) groups is 5. The van der Waals surface area contributed by atoms with Gasteiger partial charge >= 0.3 is 23.9 Å². The van der Waals surface area contributed by atoms with Gasteiger partial charge in [0.1, 0.15) is 16.8 Å². The normalized spacial score (nSPS) is 18.1. The predicted molar refractivity (Wildman–Crippen MR) is 196 cm³/mol. The molecule has 1 N–H and O–H groups in total. The molecule has 1 amide bonds. The molecule has 14 heteroatoms. The second-order valence-corrected chi connectivity index (χ2v) is 16.7. The Kier molecular flexibility index (Phi) is 15.2. The maximum absolute atomic E-state index is 13.8. The summed E-state index contributed by atoms with van der Waals surface area (Å²) in [5.74, 6) is -2.18. The van der Waals surface area contributed by atoms with Crippen LogP contribution in [0, 0.1) is 0 Å². The van der Waals surface area contributed by atoms with Crippen molar-refractivity contribution in [2.45, 2.75) is 92.1 Å². The number of carboxylic acid groups (broad SMARTS) is 1. The molecule has 2 heterocycles. The number of hydrogen-bond donors (Lipinski definition) is 1. The fraction of sp³-hybridized carbons (Fsp3) is 0.711. The van der Waals surface area contributed by atoms with Crippen LogP contribution in [0.4, 0.5) is 0 Å². The Morgan fingerprint density at radius 2 is 0.923 bits per heavy atom. The summed E-state index contributed by atoms with van der Waals surface area (Å²) in [6, 6.07) is 5.06. The first-order valence-corrected chi connectivity index (χ1v) is 18.2. The number of benzene rings is 1. The summed E-state index contributed by atoms with van der Waals surface area (Å²) >= 11 is 0. The van der Waals surface area contributed by atoms with Gasteiger partial charge in [-0.15, -0.1) is 0 Å². The summed E-state index contributed by atoms with van der Waals surface area (Å²) in [6.07, 6.45) is 0.633. The fourth-order valence-corrected chi connectivity index (χ4v) is 6.07. The minimum absolute atomic E-state index is 0.0406. The van der Waals surface area contributed by atoms with Crippen LogP contribution in [0.1, 0.15) is 83.8 Å². The Bertz CT molecular complexity index is 1370. The van der Waals surface area contributed by atoms with E-state index in [1.165, 1.54) is 0 Å². The molecule has 3 rings (SSSR count). The average molecular weight is 732 g/mol. The number of carboxylic acids is 1. The molecule has 52 heavy (non-hydrogen) atoms. The second kappa shape index (κ2) is 18.4. The predicted octanol–water partition coefficient (Wildman–Crippen LogP) is 2.52. The zero-order valence-electron chi connectivity index (χ0n) is 32.8. The molecule has 2 aliphatic rings. The summed E-state index contributed by atoms with van der Waals surface area (Å²) in [5.41, 5.74) is 0.111. The molecule has 0 atom stereocenters. The molecule has 0 spiro atoms. The van der Waals surface area contributed by atoms with Crippen LogP contribution < -0.4 is 0 Å². The number of amides is 1. The number of rotatable bonds is 9. The van der Waals surface area contributed by atoms with Crippen LogP contribution in [0.5, 0.6) is 0 Å². The Labute approximate surface area is 309 Å². The molecule has 1 aromatic carbocycles. The molecule has 0 unspecified atom stereocenters. The first-order chi connectivity index (χ1) is 24.0. The Hall–Kier alpha value is -3.59. The lowest BCUT2D eigenvalue weighted by molar-refractivity contribution is -0.158. The Balaban J connectivity index is 1.83. The quantitative estimate of drug-likeness (QED) is 0.293. The highest BCUT2D eigenvalue weighted by Crippen LogP contribution is 2.21. The van der Waals surface area contributed by atoms with Crippen LogP contribution in [0.2, 0.25) is 0 Å². The lowest BCUT2D eigenvalue weighted by Crippen LogP contribution is -2.51. The highest BCUT2D eigenvalue weighted by molar-refractivity contribution is 5.88. The number of aromatic carboxylic acids is 1. The van der Waals surface area contributed by atoms with E-state index in [0.717, 1.165) is 11.1 Å². The third-order valence-electron chi connectivity index (χ3n) is 8.43. The molecule has 0 aromatic heterocycles. The zero-order valence-corrected chi connectivity index (χ0v) is 32.8. The van der Waals surface area contributed by atoms with Crippen molar-refractivity contribution in [3.8, 4) is 0 Å². The molecular weight excluding hydrogens is 670 g/mol. The smallest absolute Gasteiger partial charge is 0.335 e. The number of nitrogens with zero attached hydrogens (tertiary/aromatic N) is 5. The van der Waals surface area contributed by atoms with Gasteiger partial charge in [0, 0.05) is 65.4 Å².